The van der Waals surface area contributed by atoms with E-state index in [-0.39, 0.29) is 11.9 Å². The molecule has 3 N–H and O–H groups in total. The predicted molar refractivity (Wildman–Crippen MR) is 82.6 cm³/mol. The van der Waals surface area contributed by atoms with Crippen LogP contribution in [0.15, 0.2) is 30.6 Å². The van der Waals surface area contributed by atoms with Crippen molar-refractivity contribution in [2.45, 2.75) is 32.2 Å². The highest BCUT2D eigenvalue weighted by atomic mass is 16.1. The van der Waals surface area contributed by atoms with Crippen molar-refractivity contribution in [3.63, 3.8) is 0 Å². The van der Waals surface area contributed by atoms with Crippen LogP contribution >= 0.6 is 0 Å². The fourth-order valence-corrected chi connectivity index (χ4v) is 2.06. The predicted octanol–water partition coefficient (Wildman–Crippen LogP) is 1.94. The van der Waals surface area contributed by atoms with Gasteiger partial charge in [-0.25, -0.2) is 0 Å². The summed E-state index contributed by atoms with van der Waals surface area (Å²) in [5.41, 5.74) is 7.41. The molecule has 112 valence electrons. The molecule has 1 atom stereocenters. The highest BCUT2D eigenvalue weighted by Crippen LogP contribution is 2.18. The number of hydrogen-bond acceptors (Lipinski definition) is 4. The number of benzene rings is 1. The molecule has 1 heterocycles. The molecule has 0 spiro atoms. The Labute approximate surface area is 124 Å². The third kappa shape index (κ3) is 4.39. The maximum atomic E-state index is 11.8. The van der Waals surface area contributed by atoms with Crippen molar-refractivity contribution in [1.82, 2.24) is 14.8 Å². The fraction of sp³-hybridized carbons (Fsp3) is 0.400. The lowest BCUT2D eigenvalue weighted by Gasteiger charge is -2.07. The highest BCUT2D eigenvalue weighted by molar-refractivity contribution is 5.90. The molecule has 1 unspecified atom stereocenters. The van der Waals surface area contributed by atoms with Crippen LogP contribution in [0.2, 0.25) is 0 Å². The minimum absolute atomic E-state index is 0.0158. The molecular formula is C15H21N5O. The molecule has 1 aromatic heterocycles. The summed E-state index contributed by atoms with van der Waals surface area (Å²) in [5.74, 6) is 0.812. The van der Waals surface area contributed by atoms with Crippen molar-refractivity contribution < 1.29 is 4.79 Å². The average molecular weight is 287 g/mol. The molecule has 1 amide bonds. The SMILES string of the molecule is CC(N)CCCC(=O)Nc1ccc(-c2nncn2C)cc1. The summed E-state index contributed by atoms with van der Waals surface area (Å²) < 4.78 is 1.85. The van der Waals surface area contributed by atoms with Gasteiger partial charge >= 0.3 is 0 Å². The van der Waals surface area contributed by atoms with Crippen molar-refractivity contribution >= 4 is 11.6 Å². The van der Waals surface area contributed by atoms with E-state index in [2.05, 4.69) is 15.5 Å². The topological polar surface area (TPSA) is 85.8 Å². The Morgan fingerprint density at radius 2 is 2.10 bits per heavy atom. The Hall–Kier alpha value is -2.21. The zero-order chi connectivity index (χ0) is 15.2. The normalized spacial score (nSPS) is 12.1. The minimum atomic E-state index is 0.0158. The van der Waals surface area contributed by atoms with Crippen LogP contribution in [0.4, 0.5) is 5.69 Å². The van der Waals surface area contributed by atoms with Crippen LogP contribution in [0, 0.1) is 0 Å². The first kappa shape index (κ1) is 15.2. The van der Waals surface area contributed by atoms with Gasteiger partial charge in [0.25, 0.3) is 0 Å². The summed E-state index contributed by atoms with van der Waals surface area (Å²) in [6.07, 6.45) is 3.81. The number of nitrogens with zero attached hydrogens (tertiary/aromatic N) is 3. The number of anilines is 1. The Bertz CT molecular complexity index is 588. The summed E-state index contributed by atoms with van der Waals surface area (Å²) in [4.78, 5) is 11.8. The van der Waals surface area contributed by atoms with E-state index in [9.17, 15) is 4.79 Å². The van der Waals surface area contributed by atoms with Gasteiger partial charge in [-0.3, -0.25) is 4.79 Å². The number of aromatic nitrogens is 3. The summed E-state index contributed by atoms with van der Waals surface area (Å²) in [7, 11) is 1.89. The number of hydrogen-bond donors (Lipinski definition) is 2. The van der Waals surface area contributed by atoms with Crippen LogP contribution in [0.3, 0.4) is 0 Å². The van der Waals surface area contributed by atoms with Crippen LogP contribution in [0.25, 0.3) is 11.4 Å². The summed E-state index contributed by atoms with van der Waals surface area (Å²) in [6.45, 7) is 1.95. The van der Waals surface area contributed by atoms with Crippen molar-refractivity contribution in [1.29, 1.82) is 0 Å². The standard InChI is InChI=1S/C15H21N5O/c1-11(16)4-3-5-14(21)18-13-8-6-12(7-9-13)15-19-17-10-20(15)2/h6-11H,3-5,16H2,1-2H3,(H,18,21). The van der Waals surface area contributed by atoms with Gasteiger partial charge in [0.15, 0.2) is 5.82 Å². The zero-order valence-corrected chi connectivity index (χ0v) is 12.4. The first-order chi connectivity index (χ1) is 10.1. The van der Waals surface area contributed by atoms with E-state index < -0.39 is 0 Å². The van der Waals surface area contributed by atoms with E-state index in [1.807, 2.05) is 42.8 Å². The summed E-state index contributed by atoms with van der Waals surface area (Å²) in [6, 6.07) is 7.72. The van der Waals surface area contributed by atoms with Crippen molar-refractivity contribution in [3.8, 4) is 11.4 Å². The number of amides is 1. The Kier molecular flexibility index (Phi) is 5.05. The third-order valence-corrected chi connectivity index (χ3v) is 3.20. The highest BCUT2D eigenvalue weighted by Gasteiger charge is 2.06. The second-order valence-electron chi connectivity index (χ2n) is 5.26. The van der Waals surface area contributed by atoms with Crippen LogP contribution in [-0.4, -0.2) is 26.7 Å². The van der Waals surface area contributed by atoms with Gasteiger partial charge in [0.2, 0.25) is 5.91 Å². The van der Waals surface area contributed by atoms with Crippen molar-refractivity contribution in [2.24, 2.45) is 12.8 Å². The second kappa shape index (κ2) is 6.99. The Balaban J connectivity index is 1.91. The van der Waals surface area contributed by atoms with Gasteiger partial charge < -0.3 is 15.6 Å². The van der Waals surface area contributed by atoms with Crippen LogP contribution < -0.4 is 11.1 Å². The number of carbonyl (C=O) groups excluding carboxylic acids is 1. The second-order valence-corrected chi connectivity index (χ2v) is 5.26. The van der Waals surface area contributed by atoms with E-state index >= 15 is 0 Å². The van der Waals surface area contributed by atoms with Gasteiger partial charge in [-0.2, -0.15) is 0 Å². The van der Waals surface area contributed by atoms with E-state index in [0.29, 0.717) is 6.42 Å². The van der Waals surface area contributed by atoms with Gasteiger partial charge in [-0.15, -0.1) is 10.2 Å². The number of aryl methyl sites for hydroxylation is 1. The van der Waals surface area contributed by atoms with Crippen LogP contribution in [0.5, 0.6) is 0 Å². The maximum absolute atomic E-state index is 11.8. The smallest absolute Gasteiger partial charge is 0.224 e. The molecule has 0 bridgehead atoms. The lowest BCUT2D eigenvalue weighted by atomic mass is 10.1. The molecule has 0 aliphatic heterocycles. The molecule has 0 saturated carbocycles. The van der Waals surface area contributed by atoms with Gasteiger partial charge in [-0.1, -0.05) is 0 Å². The number of carbonyl (C=O) groups is 1. The van der Waals surface area contributed by atoms with Gasteiger partial charge in [0.1, 0.15) is 6.33 Å². The van der Waals surface area contributed by atoms with Crippen molar-refractivity contribution in [3.05, 3.63) is 30.6 Å². The average Bonchev–Trinajstić information content (AvgIpc) is 2.85. The number of nitrogens with two attached hydrogens (primary N) is 1. The molecular weight excluding hydrogens is 266 g/mol. The van der Waals surface area contributed by atoms with E-state index in [4.69, 9.17) is 5.73 Å². The summed E-state index contributed by atoms with van der Waals surface area (Å²) in [5, 5.41) is 10.8. The van der Waals surface area contributed by atoms with Gasteiger partial charge in [0, 0.05) is 30.8 Å². The van der Waals surface area contributed by atoms with Crippen LogP contribution in [-0.2, 0) is 11.8 Å². The molecule has 2 rings (SSSR count). The van der Waals surface area contributed by atoms with Crippen LogP contribution in [0.1, 0.15) is 26.2 Å². The first-order valence-corrected chi connectivity index (χ1v) is 7.06. The Morgan fingerprint density at radius 1 is 1.38 bits per heavy atom. The Morgan fingerprint density at radius 3 is 2.67 bits per heavy atom. The molecule has 0 saturated heterocycles. The molecule has 0 aliphatic carbocycles. The van der Waals surface area contributed by atoms with E-state index in [0.717, 1.165) is 29.9 Å². The van der Waals surface area contributed by atoms with Crippen molar-refractivity contribution in [2.75, 3.05) is 5.32 Å². The number of nitrogens with one attached hydrogen (secondary N) is 1. The van der Waals surface area contributed by atoms with Gasteiger partial charge in [-0.05, 0) is 44.0 Å². The lowest BCUT2D eigenvalue weighted by molar-refractivity contribution is -0.116. The zero-order valence-electron chi connectivity index (χ0n) is 12.4. The fourth-order valence-electron chi connectivity index (χ4n) is 2.06. The molecule has 0 fully saturated rings. The molecule has 2 aromatic rings. The molecule has 1 aromatic carbocycles. The molecule has 0 radical (unpaired) electrons. The molecule has 6 nitrogen and oxygen atoms in total. The van der Waals surface area contributed by atoms with E-state index in [1.165, 1.54) is 0 Å². The molecule has 6 heteroatoms. The third-order valence-electron chi connectivity index (χ3n) is 3.20. The molecule has 0 aliphatic rings. The number of rotatable bonds is 6. The molecule has 21 heavy (non-hydrogen) atoms. The summed E-state index contributed by atoms with van der Waals surface area (Å²) >= 11 is 0. The quantitative estimate of drug-likeness (QED) is 0.850. The maximum Gasteiger partial charge on any atom is 0.224 e. The largest absolute Gasteiger partial charge is 0.328 e. The van der Waals surface area contributed by atoms with E-state index in [1.54, 1.807) is 6.33 Å². The lowest BCUT2D eigenvalue weighted by Crippen LogP contribution is -2.16. The minimum Gasteiger partial charge on any atom is -0.328 e. The van der Waals surface area contributed by atoms with Gasteiger partial charge in [0.05, 0.1) is 0 Å². The first-order valence-electron chi connectivity index (χ1n) is 7.06. The monoisotopic (exact) mass is 287 g/mol.